The van der Waals surface area contributed by atoms with E-state index in [1.807, 2.05) is 0 Å². The second-order valence-electron chi connectivity index (χ2n) is 8.63. The molecule has 0 aliphatic heterocycles. The molecule has 0 fully saturated rings. The molecule has 1 amide bonds. The minimum Gasteiger partial charge on any atom is -0.495 e. The van der Waals surface area contributed by atoms with Crippen LogP contribution in [-0.2, 0) is 14.3 Å². The van der Waals surface area contributed by atoms with Gasteiger partial charge in [-0.15, -0.1) is 0 Å². The van der Waals surface area contributed by atoms with E-state index in [1.165, 1.54) is 37.2 Å². The third-order valence-electron chi connectivity index (χ3n) is 6.05. The van der Waals surface area contributed by atoms with Gasteiger partial charge in [0, 0.05) is 60.3 Å². The van der Waals surface area contributed by atoms with Crippen LogP contribution in [0.4, 0.5) is 10.5 Å². The lowest BCUT2D eigenvalue weighted by molar-refractivity contribution is -0.119. The average Bonchev–Trinajstić information content (AvgIpc) is 3.35. The van der Waals surface area contributed by atoms with Gasteiger partial charge in [0.2, 0.25) is 11.8 Å². The molecule has 4 rings (SSSR count). The fraction of sp³-hybridized carbons (Fsp3) is 0.250. The van der Waals surface area contributed by atoms with Gasteiger partial charge in [-0.2, -0.15) is 10.2 Å². The Bertz CT molecular complexity index is 1690. The summed E-state index contributed by atoms with van der Waals surface area (Å²) in [7, 11) is 2.92. The monoisotopic (exact) mass is 579 g/mol. The molecule has 0 aliphatic rings. The fourth-order valence-electron chi connectivity index (χ4n) is 4.15. The van der Waals surface area contributed by atoms with Crippen molar-refractivity contribution in [3.63, 3.8) is 0 Å². The molecule has 212 valence electrons. The van der Waals surface area contributed by atoms with E-state index in [4.69, 9.17) is 30.5 Å². The molecule has 1 atom stereocenters. The quantitative estimate of drug-likeness (QED) is 0.269. The molecule has 0 spiro atoms. The topological polar surface area (TPSA) is 146 Å². The summed E-state index contributed by atoms with van der Waals surface area (Å²) in [6.45, 7) is 2.00. The van der Waals surface area contributed by atoms with Gasteiger partial charge in [-0.25, -0.2) is 4.79 Å². The van der Waals surface area contributed by atoms with E-state index in [0.29, 0.717) is 33.0 Å². The largest absolute Gasteiger partial charge is 0.515 e. The number of amides is 1. The molecular weight excluding hydrogens is 554 g/mol. The number of hydrogen-bond donors (Lipinski definition) is 1. The summed E-state index contributed by atoms with van der Waals surface area (Å²) in [6.07, 6.45) is 3.84. The first kappa shape index (κ1) is 29.1. The highest BCUT2D eigenvalue weighted by Gasteiger charge is 2.24. The van der Waals surface area contributed by atoms with Crippen LogP contribution in [-0.4, -0.2) is 53.4 Å². The Balaban J connectivity index is 1.65. The lowest BCUT2D eigenvalue weighted by Gasteiger charge is -2.21. The van der Waals surface area contributed by atoms with Crippen molar-refractivity contribution in [2.45, 2.75) is 19.4 Å². The molecule has 3 heterocycles. The van der Waals surface area contributed by atoms with E-state index in [-0.39, 0.29) is 31.3 Å². The molecule has 4 aromatic rings. The number of carbonyl (C=O) groups excluding carboxylic acids is 2. The number of anilines is 1. The van der Waals surface area contributed by atoms with Crippen molar-refractivity contribution in [3.8, 4) is 28.8 Å². The molecule has 41 heavy (non-hydrogen) atoms. The Morgan fingerprint density at radius 1 is 1.15 bits per heavy atom. The van der Waals surface area contributed by atoms with Gasteiger partial charge in [0.05, 0.1) is 37.7 Å². The van der Waals surface area contributed by atoms with E-state index < -0.39 is 23.7 Å². The average molecular weight is 580 g/mol. The minimum absolute atomic E-state index is 0.0305. The maximum atomic E-state index is 13.5. The number of nitrogens with zero attached hydrogens (tertiary/aromatic N) is 4. The van der Waals surface area contributed by atoms with Gasteiger partial charge >= 0.3 is 6.16 Å². The van der Waals surface area contributed by atoms with E-state index in [9.17, 15) is 19.6 Å². The summed E-state index contributed by atoms with van der Waals surface area (Å²) < 4.78 is 23.4. The highest BCUT2D eigenvalue weighted by molar-refractivity contribution is 6.31. The number of carbonyl (C=O) groups is 2. The number of imidazole rings is 1. The lowest BCUT2D eigenvalue weighted by Crippen LogP contribution is -2.34. The van der Waals surface area contributed by atoms with Crippen LogP contribution in [0.5, 0.6) is 11.6 Å². The lowest BCUT2D eigenvalue weighted by atomic mass is 10.00. The molecule has 13 heteroatoms. The predicted molar refractivity (Wildman–Crippen MR) is 149 cm³/mol. The van der Waals surface area contributed by atoms with Crippen molar-refractivity contribution in [1.29, 1.82) is 5.26 Å². The first-order chi connectivity index (χ1) is 19.8. The summed E-state index contributed by atoms with van der Waals surface area (Å²) in [5.41, 5.74) is 1.40. The number of pyridine rings is 2. The SMILES string of the molecule is CCOC(=O)Oc1cn2ccc(NC(=O)C(CCOC)n3cc(OC)c(-c4cc(Cl)ccc4C#N)cc3=O)cc2n1. The zero-order valence-corrected chi connectivity index (χ0v) is 23.2. The van der Waals surface area contributed by atoms with Crippen LogP contribution in [0.15, 0.2) is 59.8 Å². The Morgan fingerprint density at radius 2 is 1.95 bits per heavy atom. The van der Waals surface area contributed by atoms with E-state index >= 15 is 0 Å². The second kappa shape index (κ2) is 13.0. The van der Waals surface area contributed by atoms with Gasteiger partial charge in [0.15, 0.2) is 0 Å². The molecule has 0 bridgehead atoms. The molecule has 0 radical (unpaired) electrons. The van der Waals surface area contributed by atoms with Crippen molar-refractivity contribution in [1.82, 2.24) is 14.0 Å². The summed E-state index contributed by atoms with van der Waals surface area (Å²) >= 11 is 6.16. The molecule has 1 unspecified atom stereocenters. The first-order valence-corrected chi connectivity index (χ1v) is 12.8. The van der Waals surface area contributed by atoms with Gasteiger partial charge in [0.1, 0.15) is 17.4 Å². The summed E-state index contributed by atoms with van der Waals surface area (Å²) in [6, 6.07) is 10.3. The predicted octanol–water partition coefficient (Wildman–Crippen LogP) is 4.45. The van der Waals surface area contributed by atoms with E-state index in [0.717, 1.165) is 0 Å². The number of rotatable bonds is 10. The van der Waals surface area contributed by atoms with Crippen molar-refractivity contribution in [2.75, 3.05) is 32.8 Å². The number of methoxy groups -OCH3 is 2. The number of ether oxygens (including phenoxy) is 4. The van der Waals surface area contributed by atoms with Crippen molar-refractivity contribution in [3.05, 3.63) is 75.9 Å². The van der Waals surface area contributed by atoms with Crippen LogP contribution in [0.1, 0.15) is 24.9 Å². The standard InChI is InChI=1S/C28H26ClN5O7/c1-4-40-28(37)41-25-16-33-9-7-19(12-24(33)32-25)31-27(36)22(8-10-38-2)34-15-23(39-3)21(13-26(34)35)20-11-18(29)6-5-17(20)14-30/h5-7,9,11-13,15-16,22H,4,8,10H2,1-3H3,(H,31,36). The number of aromatic nitrogens is 3. The van der Waals surface area contributed by atoms with Gasteiger partial charge < -0.3 is 28.7 Å². The number of halogens is 1. The van der Waals surface area contributed by atoms with Crippen LogP contribution < -0.4 is 20.3 Å². The number of fused-ring (bicyclic) bond motifs is 1. The Labute approximate surface area is 239 Å². The molecule has 0 saturated carbocycles. The summed E-state index contributed by atoms with van der Waals surface area (Å²) in [5, 5.41) is 12.8. The fourth-order valence-corrected chi connectivity index (χ4v) is 4.32. The highest BCUT2D eigenvalue weighted by atomic mass is 35.5. The maximum absolute atomic E-state index is 13.5. The smallest absolute Gasteiger partial charge is 0.495 e. The zero-order chi connectivity index (χ0) is 29.5. The Hall–Kier alpha value is -4.86. The molecule has 0 aliphatic carbocycles. The first-order valence-electron chi connectivity index (χ1n) is 12.4. The number of nitrogens with one attached hydrogen (secondary N) is 1. The summed E-state index contributed by atoms with van der Waals surface area (Å²) in [4.78, 5) is 42.7. The van der Waals surface area contributed by atoms with Gasteiger partial charge in [-0.3, -0.25) is 14.2 Å². The molecule has 0 saturated heterocycles. The van der Waals surface area contributed by atoms with Crippen molar-refractivity contribution in [2.24, 2.45) is 0 Å². The summed E-state index contributed by atoms with van der Waals surface area (Å²) in [5.74, 6) is -0.187. The number of nitriles is 1. The van der Waals surface area contributed by atoms with Crippen molar-refractivity contribution >= 4 is 35.0 Å². The van der Waals surface area contributed by atoms with Gasteiger partial charge in [-0.1, -0.05) is 11.6 Å². The third kappa shape index (κ3) is 6.66. The second-order valence-corrected chi connectivity index (χ2v) is 9.07. The van der Waals surface area contributed by atoms with Gasteiger partial charge in [0.25, 0.3) is 5.56 Å². The van der Waals surface area contributed by atoms with Crippen LogP contribution in [0.2, 0.25) is 5.02 Å². The zero-order valence-electron chi connectivity index (χ0n) is 22.4. The van der Waals surface area contributed by atoms with E-state index in [2.05, 4.69) is 16.4 Å². The Morgan fingerprint density at radius 3 is 2.66 bits per heavy atom. The number of hydrogen-bond acceptors (Lipinski definition) is 9. The maximum Gasteiger partial charge on any atom is 0.515 e. The third-order valence-corrected chi connectivity index (χ3v) is 6.28. The molecular formula is C28H26ClN5O7. The molecule has 12 nitrogen and oxygen atoms in total. The van der Waals surface area contributed by atoms with Crippen LogP contribution in [0, 0.1) is 11.3 Å². The molecule has 3 aromatic heterocycles. The minimum atomic E-state index is -0.973. The molecule has 1 aromatic carbocycles. The number of benzene rings is 1. The Kier molecular flexibility index (Phi) is 9.23. The van der Waals surface area contributed by atoms with Gasteiger partial charge in [-0.05, 0) is 31.2 Å². The highest BCUT2D eigenvalue weighted by Crippen LogP contribution is 2.33. The van der Waals surface area contributed by atoms with Crippen LogP contribution in [0.3, 0.4) is 0 Å². The molecule has 1 N–H and O–H groups in total. The van der Waals surface area contributed by atoms with Crippen LogP contribution >= 0.6 is 11.6 Å². The van der Waals surface area contributed by atoms with E-state index in [1.54, 1.807) is 47.9 Å². The normalized spacial score (nSPS) is 11.5. The van der Waals surface area contributed by atoms with Crippen LogP contribution in [0.25, 0.3) is 16.8 Å². The van der Waals surface area contributed by atoms with Crippen molar-refractivity contribution < 1.29 is 28.5 Å².